The van der Waals surface area contributed by atoms with Gasteiger partial charge in [-0.15, -0.1) is 11.3 Å². The molecule has 0 atom stereocenters. The quantitative estimate of drug-likeness (QED) is 0.640. The van der Waals surface area contributed by atoms with Crippen molar-refractivity contribution in [3.63, 3.8) is 0 Å². The Hall–Kier alpha value is -1.93. The number of fused-ring (bicyclic) bond motifs is 1. The lowest BCUT2D eigenvalue weighted by molar-refractivity contribution is 1.42. The molecule has 0 spiro atoms. The first-order chi connectivity index (χ1) is 8.88. The molecule has 3 aromatic rings. The number of benzene rings is 2. The third-order valence-corrected chi connectivity index (χ3v) is 3.97. The highest BCUT2D eigenvalue weighted by atomic mass is 32.1. The third kappa shape index (κ3) is 1.95. The molecule has 0 aliphatic rings. The second-order valence-corrected chi connectivity index (χ2v) is 5.09. The van der Waals surface area contributed by atoms with Gasteiger partial charge in [-0.05, 0) is 24.6 Å². The molecule has 0 saturated heterocycles. The maximum absolute atomic E-state index is 4.71. The topological polar surface area (TPSA) is 12.9 Å². The van der Waals surface area contributed by atoms with E-state index in [1.807, 2.05) is 12.1 Å². The molecule has 0 bridgehead atoms. The highest BCUT2D eigenvalue weighted by molar-refractivity contribution is 7.19. The normalized spacial score (nSPS) is 11.9. The van der Waals surface area contributed by atoms with Gasteiger partial charge in [0.15, 0.2) is 0 Å². The number of nitrogens with zero attached hydrogens (tertiary/aromatic N) is 1. The Morgan fingerprint density at radius 1 is 1.00 bits per heavy atom. The first kappa shape index (κ1) is 11.2. The molecule has 1 aromatic heterocycles. The second kappa shape index (κ2) is 4.75. The van der Waals surface area contributed by atoms with Crippen molar-refractivity contribution in [1.29, 1.82) is 0 Å². The molecule has 0 aliphatic carbocycles. The molecule has 1 nitrogen and oxygen atoms in total. The third-order valence-electron chi connectivity index (χ3n) is 2.90. The van der Waals surface area contributed by atoms with Crippen molar-refractivity contribution < 1.29 is 0 Å². The number of aromatic nitrogens is 1. The van der Waals surface area contributed by atoms with E-state index < -0.39 is 0 Å². The molecule has 2 aromatic carbocycles. The molecule has 0 unspecified atom stereocenters. The van der Waals surface area contributed by atoms with Gasteiger partial charge in [0.25, 0.3) is 0 Å². The predicted octanol–water partition coefficient (Wildman–Crippen LogP) is 4.75. The van der Waals surface area contributed by atoms with Gasteiger partial charge in [-0.2, -0.15) is 0 Å². The van der Waals surface area contributed by atoms with Crippen molar-refractivity contribution in [3.05, 3.63) is 71.2 Å². The van der Waals surface area contributed by atoms with Crippen LogP contribution in [-0.2, 0) is 0 Å². The number of para-hydroxylation sites is 1. The number of allylic oxidation sites excluding steroid dienone is 1. The highest BCUT2D eigenvalue weighted by Gasteiger charge is 2.09. The van der Waals surface area contributed by atoms with E-state index >= 15 is 0 Å². The zero-order valence-electron chi connectivity index (χ0n) is 10.1. The van der Waals surface area contributed by atoms with Crippen LogP contribution >= 0.6 is 11.3 Å². The molecule has 0 saturated carbocycles. The molecule has 0 fully saturated rings. The minimum absolute atomic E-state index is 1.08. The monoisotopic (exact) mass is 251 g/mol. The van der Waals surface area contributed by atoms with Gasteiger partial charge >= 0.3 is 0 Å². The molecule has 0 aliphatic heterocycles. The van der Waals surface area contributed by atoms with Crippen LogP contribution < -0.4 is 0 Å². The molecule has 0 amide bonds. The Kier molecular flexibility index (Phi) is 2.95. The smallest absolute Gasteiger partial charge is 0.124 e. The second-order valence-electron chi connectivity index (χ2n) is 4.06. The van der Waals surface area contributed by atoms with Crippen LogP contribution in [0.1, 0.15) is 17.5 Å². The molecular formula is C16H13NS. The molecule has 18 heavy (non-hydrogen) atoms. The van der Waals surface area contributed by atoms with Crippen LogP contribution in [-0.4, -0.2) is 4.98 Å². The molecule has 1 heterocycles. The average molecular weight is 251 g/mol. The summed E-state index contributed by atoms with van der Waals surface area (Å²) in [5.74, 6) is 0. The van der Waals surface area contributed by atoms with Crippen LogP contribution in [0.5, 0.6) is 0 Å². The summed E-state index contributed by atoms with van der Waals surface area (Å²) in [6.07, 6.45) is 2.13. The lowest BCUT2D eigenvalue weighted by Gasteiger charge is -2.02. The Balaban J connectivity index is 2.13. The largest absolute Gasteiger partial charge is 0.236 e. The molecular weight excluding hydrogens is 238 g/mol. The molecule has 2 heteroatoms. The summed E-state index contributed by atoms with van der Waals surface area (Å²) in [5, 5.41) is 1.09. The Morgan fingerprint density at radius 2 is 1.72 bits per heavy atom. The Morgan fingerprint density at radius 3 is 2.44 bits per heavy atom. The first-order valence-electron chi connectivity index (χ1n) is 5.96. The van der Waals surface area contributed by atoms with Crippen LogP contribution in [0.3, 0.4) is 0 Å². The zero-order chi connectivity index (χ0) is 12.4. The van der Waals surface area contributed by atoms with E-state index in [1.165, 1.54) is 15.8 Å². The lowest BCUT2D eigenvalue weighted by Crippen LogP contribution is -1.85. The van der Waals surface area contributed by atoms with E-state index in [-0.39, 0.29) is 0 Å². The van der Waals surface area contributed by atoms with Crippen LogP contribution in [0.4, 0.5) is 0 Å². The van der Waals surface area contributed by atoms with Gasteiger partial charge in [0, 0.05) is 5.57 Å². The number of hydrogen-bond acceptors (Lipinski definition) is 2. The van der Waals surface area contributed by atoms with Gasteiger partial charge in [0.1, 0.15) is 5.01 Å². The lowest BCUT2D eigenvalue weighted by atomic mass is 10.1. The van der Waals surface area contributed by atoms with E-state index in [0.717, 1.165) is 10.5 Å². The van der Waals surface area contributed by atoms with Crippen LogP contribution in [0, 0.1) is 0 Å². The maximum atomic E-state index is 4.71. The minimum atomic E-state index is 1.08. The summed E-state index contributed by atoms with van der Waals surface area (Å²) in [7, 11) is 0. The van der Waals surface area contributed by atoms with Gasteiger partial charge in [0.05, 0.1) is 10.2 Å². The standard InChI is InChI=1S/C16H13NS/c1-2-13(12-8-4-3-5-9-12)16-17-14-10-6-7-11-15(14)18-16/h2-11H,1H3/b13-2+. The summed E-state index contributed by atoms with van der Waals surface area (Å²) >= 11 is 1.75. The van der Waals surface area contributed by atoms with E-state index in [0.29, 0.717) is 0 Å². The van der Waals surface area contributed by atoms with Crippen molar-refractivity contribution in [2.45, 2.75) is 6.92 Å². The van der Waals surface area contributed by atoms with Crippen molar-refractivity contribution in [2.75, 3.05) is 0 Å². The van der Waals surface area contributed by atoms with Gasteiger partial charge in [0.2, 0.25) is 0 Å². The Labute approximate surface area is 110 Å². The summed E-state index contributed by atoms with van der Waals surface area (Å²) in [6, 6.07) is 18.7. The van der Waals surface area contributed by atoms with Crippen LogP contribution in [0.2, 0.25) is 0 Å². The Bertz CT molecular complexity index is 662. The molecule has 0 radical (unpaired) electrons. The fourth-order valence-corrected chi connectivity index (χ4v) is 3.08. The van der Waals surface area contributed by atoms with Crippen LogP contribution in [0.25, 0.3) is 15.8 Å². The number of rotatable bonds is 2. The van der Waals surface area contributed by atoms with E-state index in [9.17, 15) is 0 Å². The van der Waals surface area contributed by atoms with Crippen molar-refractivity contribution in [2.24, 2.45) is 0 Å². The van der Waals surface area contributed by atoms with Crippen molar-refractivity contribution in [1.82, 2.24) is 4.98 Å². The van der Waals surface area contributed by atoms with Crippen molar-refractivity contribution >= 4 is 27.1 Å². The fraction of sp³-hybridized carbons (Fsp3) is 0.0625. The minimum Gasteiger partial charge on any atom is -0.236 e. The highest BCUT2D eigenvalue weighted by Crippen LogP contribution is 2.30. The molecule has 88 valence electrons. The zero-order valence-corrected chi connectivity index (χ0v) is 10.9. The summed E-state index contributed by atoms with van der Waals surface area (Å²) in [5.41, 5.74) is 3.50. The van der Waals surface area contributed by atoms with Crippen LogP contribution in [0.15, 0.2) is 60.7 Å². The van der Waals surface area contributed by atoms with E-state index in [4.69, 9.17) is 4.98 Å². The van der Waals surface area contributed by atoms with Crippen molar-refractivity contribution in [3.8, 4) is 0 Å². The van der Waals surface area contributed by atoms with Gasteiger partial charge in [-0.25, -0.2) is 4.98 Å². The molecule has 3 rings (SSSR count). The van der Waals surface area contributed by atoms with E-state index in [2.05, 4.69) is 55.5 Å². The average Bonchev–Trinajstić information content (AvgIpc) is 2.84. The van der Waals surface area contributed by atoms with Gasteiger partial charge < -0.3 is 0 Å². The molecule has 0 N–H and O–H groups in total. The summed E-state index contributed by atoms with van der Waals surface area (Å²) in [6.45, 7) is 2.06. The predicted molar refractivity (Wildman–Crippen MR) is 78.8 cm³/mol. The van der Waals surface area contributed by atoms with Gasteiger partial charge in [-0.3, -0.25) is 0 Å². The summed E-state index contributed by atoms with van der Waals surface area (Å²) < 4.78 is 1.24. The SMILES string of the molecule is C/C=C(\c1ccccc1)c1nc2ccccc2s1. The fourth-order valence-electron chi connectivity index (χ4n) is 2.02. The number of hydrogen-bond donors (Lipinski definition) is 0. The first-order valence-corrected chi connectivity index (χ1v) is 6.78. The number of thiazole rings is 1. The van der Waals surface area contributed by atoms with Gasteiger partial charge in [-0.1, -0.05) is 48.5 Å². The maximum Gasteiger partial charge on any atom is 0.124 e. The van der Waals surface area contributed by atoms with E-state index in [1.54, 1.807) is 11.3 Å². The summed E-state index contributed by atoms with van der Waals surface area (Å²) in [4.78, 5) is 4.71.